The highest BCUT2D eigenvalue weighted by molar-refractivity contribution is 5.73. The number of ether oxygens (including phenoxy) is 2. The van der Waals surface area contributed by atoms with E-state index in [9.17, 15) is 14.9 Å². The van der Waals surface area contributed by atoms with Gasteiger partial charge in [-0.2, -0.15) is 0 Å². The first-order chi connectivity index (χ1) is 9.01. The number of esters is 1. The molecule has 0 saturated heterocycles. The second-order valence-electron chi connectivity index (χ2n) is 3.64. The average molecular weight is 266 g/mol. The molecule has 0 aliphatic carbocycles. The minimum atomic E-state index is -0.543. The maximum atomic E-state index is 11.0. The number of aromatic nitrogens is 1. The maximum Gasteiger partial charge on any atom is 0.334 e. The van der Waals surface area contributed by atoms with Gasteiger partial charge < -0.3 is 9.47 Å². The van der Waals surface area contributed by atoms with Crippen molar-refractivity contribution in [2.24, 2.45) is 0 Å². The van der Waals surface area contributed by atoms with E-state index in [2.05, 4.69) is 9.72 Å². The summed E-state index contributed by atoms with van der Waals surface area (Å²) in [5.41, 5.74) is 0.803. The molecule has 1 heterocycles. The quantitative estimate of drug-likeness (QED) is 0.459. The fourth-order valence-electron chi connectivity index (χ4n) is 1.48. The molecule has 0 fully saturated rings. The molecule has 19 heavy (non-hydrogen) atoms. The Kier molecular flexibility index (Phi) is 4.99. The maximum absolute atomic E-state index is 11.0. The summed E-state index contributed by atoms with van der Waals surface area (Å²) in [4.78, 5) is 25.2. The Bertz CT molecular complexity index is 525. The average Bonchev–Trinajstić information content (AvgIpc) is 2.39. The Labute approximate surface area is 110 Å². The summed E-state index contributed by atoms with van der Waals surface area (Å²) in [6, 6.07) is 0. The molecule has 0 aliphatic heterocycles. The van der Waals surface area contributed by atoms with Gasteiger partial charge in [0.2, 0.25) is 0 Å². The predicted molar refractivity (Wildman–Crippen MR) is 67.8 cm³/mol. The minimum Gasteiger partial charge on any atom is -0.476 e. The van der Waals surface area contributed by atoms with Gasteiger partial charge in [0.05, 0.1) is 25.6 Å². The highest BCUT2D eigenvalue weighted by Crippen LogP contribution is 2.30. The van der Waals surface area contributed by atoms with Crippen LogP contribution in [-0.2, 0) is 9.53 Å². The van der Waals surface area contributed by atoms with Crippen LogP contribution in [0.5, 0.6) is 5.88 Å². The van der Waals surface area contributed by atoms with Gasteiger partial charge in [-0.15, -0.1) is 0 Å². The molecule has 0 bridgehead atoms. The van der Waals surface area contributed by atoms with Crippen LogP contribution in [0.2, 0.25) is 0 Å². The van der Waals surface area contributed by atoms with Gasteiger partial charge in [-0.1, -0.05) is 12.2 Å². The number of pyridine rings is 1. The zero-order valence-corrected chi connectivity index (χ0v) is 10.9. The van der Waals surface area contributed by atoms with E-state index in [0.29, 0.717) is 11.1 Å². The first-order valence-corrected chi connectivity index (χ1v) is 5.42. The lowest BCUT2D eigenvalue weighted by atomic mass is 10.1. The third kappa shape index (κ3) is 3.51. The second-order valence-corrected chi connectivity index (χ2v) is 3.64. The summed E-state index contributed by atoms with van der Waals surface area (Å²) >= 11 is 0. The van der Waals surface area contributed by atoms with Crippen molar-refractivity contribution < 1.29 is 19.2 Å². The summed E-state index contributed by atoms with van der Waals surface area (Å²) in [5, 5.41) is 11.0. The number of rotatable bonds is 5. The van der Waals surface area contributed by atoms with E-state index < -0.39 is 4.92 Å². The highest BCUT2D eigenvalue weighted by atomic mass is 16.6. The van der Waals surface area contributed by atoms with Crippen LogP contribution in [-0.4, -0.2) is 30.1 Å². The first kappa shape index (κ1) is 14.6. The van der Waals surface area contributed by atoms with E-state index in [1.165, 1.54) is 20.4 Å². The number of carbonyl (C=O) groups excluding carboxylic acids is 1. The summed E-state index contributed by atoms with van der Waals surface area (Å²) in [6.45, 7) is 1.60. The molecule has 0 radical (unpaired) electrons. The molecule has 7 nitrogen and oxygen atoms in total. The van der Waals surface area contributed by atoms with Crippen molar-refractivity contribution in [3.05, 3.63) is 33.5 Å². The minimum absolute atomic E-state index is 0.0346. The van der Waals surface area contributed by atoms with Gasteiger partial charge >= 0.3 is 11.7 Å². The van der Waals surface area contributed by atoms with Gasteiger partial charge in [0, 0.05) is 17.3 Å². The molecular weight excluding hydrogens is 252 g/mol. The van der Waals surface area contributed by atoms with Crippen LogP contribution in [0.4, 0.5) is 5.69 Å². The lowest BCUT2D eigenvalue weighted by Crippen LogP contribution is -2.00. The molecule has 0 atom stereocenters. The Balaban J connectivity index is 3.07. The van der Waals surface area contributed by atoms with Crippen LogP contribution < -0.4 is 4.74 Å². The largest absolute Gasteiger partial charge is 0.476 e. The Morgan fingerprint density at radius 2 is 2.21 bits per heavy atom. The summed E-state index contributed by atoms with van der Waals surface area (Å²) < 4.78 is 9.33. The summed E-state index contributed by atoms with van der Waals surface area (Å²) in [7, 11) is 2.61. The topological polar surface area (TPSA) is 91.6 Å². The number of hydrogen-bond donors (Lipinski definition) is 0. The Morgan fingerprint density at radius 3 is 2.74 bits per heavy atom. The predicted octanol–water partition coefficient (Wildman–Crippen LogP) is 1.88. The number of hydrogen-bond acceptors (Lipinski definition) is 6. The van der Waals surface area contributed by atoms with Gasteiger partial charge in [0.15, 0.2) is 0 Å². The van der Waals surface area contributed by atoms with Gasteiger partial charge in [-0.05, 0) is 6.92 Å². The number of methoxy groups -OCH3 is 2. The Hall–Kier alpha value is -2.44. The van der Waals surface area contributed by atoms with Crippen molar-refractivity contribution in [2.45, 2.75) is 13.3 Å². The first-order valence-electron chi connectivity index (χ1n) is 5.42. The van der Waals surface area contributed by atoms with Crippen molar-refractivity contribution in [1.82, 2.24) is 4.98 Å². The number of nitrogens with zero attached hydrogens (tertiary/aromatic N) is 2. The van der Waals surface area contributed by atoms with Gasteiger partial charge in [-0.25, -0.2) is 4.98 Å². The van der Waals surface area contributed by atoms with E-state index in [1.807, 2.05) is 0 Å². The van der Waals surface area contributed by atoms with Crippen molar-refractivity contribution in [3.8, 4) is 5.88 Å². The van der Waals surface area contributed by atoms with Crippen molar-refractivity contribution in [3.63, 3.8) is 0 Å². The van der Waals surface area contributed by atoms with Crippen molar-refractivity contribution in [2.75, 3.05) is 14.2 Å². The molecule has 0 aliphatic rings. The Morgan fingerprint density at radius 1 is 1.53 bits per heavy atom. The van der Waals surface area contributed by atoms with E-state index >= 15 is 0 Å². The molecule has 0 N–H and O–H groups in total. The lowest BCUT2D eigenvalue weighted by Gasteiger charge is -2.05. The highest BCUT2D eigenvalue weighted by Gasteiger charge is 2.21. The van der Waals surface area contributed by atoms with E-state index in [4.69, 9.17) is 4.74 Å². The molecule has 0 amide bonds. The smallest absolute Gasteiger partial charge is 0.334 e. The zero-order valence-electron chi connectivity index (χ0n) is 10.9. The molecular formula is C12H14N2O5. The molecule has 1 rings (SSSR count). The molecule has 0 aromatic carbocycles. The zero-order chi connectivity index (χ0) is 14.4. The molecule has 1 aromatic heterocycles. The normalized spacial score (nSPS) is 10.5. The van der Waals surface area contributed by atoms with Crippen LogP contribution in [0.15, 0.2) is 12.3 Å². The lowest BCUT2D eigenvalue weighted by molar-refractivity contribution is -0.386. The third-order valence-electron chi connectivity index (χ3n) is 2.50. The molecule has 1 aromatic rings. The third-order valence-corrected chi connectivity index (χ3v) is 2.50. The van der Waals surface area contributed by atoms with Crippen LogP contribution in [0.1, 0.15) is 17.5 Å². The van der Waals surface area contributed by atoms with Crippen molar-refractivity contribution in [1.29, 1.82) is 0 Å². The molecule has 102 valence electrons. The fraction of sp³-hybridized carbons (Fsp3) is 0.333. The van der Waals surface area contributed by atoms with Crippen molar-refractivity contribution >= 4 is 17.7 Å². The van der Waals surface area contributed by atoms with E-state index in [1.54, 1.807) is 19.1 Å². The van der Waals surface area contributed by atoms with Gasteiger partial charge in [0.1, 0.15) is 0 Å². The molecule has 0 unspecified atom stereocenters. The van der Waals surface area contributed by atoms with E-state index in [-0.39, 0.29) is 24.0 Å². The van der Waals surface area contributed by atoms with Crippen LogP contribution in [0, 0.1) is 17.0 Å². The summed E-state index contributed by atoms with van der Waals surface area (Å²) in [5.74, 6) is -0.419. The van der Waals surface area contributed by atoms with Gasteiger partial charge in [-0.3, -0.25) is 14.9 Å². The van der Waals surface area contributed by atoms with Gasteiger partial charge in [0.25, 0.3) is 5.88 Å². The molecule has 7 heteroatoms. The fourth-order valence-corrected chi connectivity index (χ4v) is 1.48. The monoisotopic (exact) mass is 266 g/mol. The standard InChI is InChI=1S/C12H14N2O5/c1-8-9(5-4-6-10(15)18-2)7-13-12(19-3)11(8)14(16)17/h4-5,7H,6H2,1-3H3. The molecule has 0 spiro atoms. The summed E-state index contributed by atoms with van der Waals surface area (Å²) in [6.07, 6.45) is 4.70. The second kappa shape index (κ2) is 6.48. The SMILES string of the molecule is COC(=O)CC=Cc1cnc(OC)c([N+](=O)[O-])c1C. The number of nitro groups is 1. The number of carbonyl (C=O) groups is 1. The van der Waals surface area contributed by atoms with Crippen LogP contribution in [0.25, 0.3) is 6.08 Å². The van der Waals surface area contributed by atoms with E-state index in [0.717, 1.165) is 0 Å². The molecule has 0 saturated carbocycles. The van der Waals surface area contributed by atoms with Crippen LogP contribution >= 0.6 is 0 Å². The van der Waals surface area contributed by atoms with Crippen LogP contribution in [0.3, 0.4) is 0 Å².